The molecule has 0 saturated carbocycles. The highest BCUT2D eigenvalue weighted by Gasteiger charge is 2.14. The van der Waals surface area contributed by atoms with Crippen LogP contribution in [-0.2, 0) is 12.8 Å². The summed E-state index contributed by atoms with van der Waals surface area (Å²) < 4.78 is 0. The highest BCUT2D eigenvalue weighted by Crippen LogP contribution is 2.29. The Balaban J connectivity index is 2.30. The lowest BCUT2D eigenvalue weighted by atomic mass is 9.94. The smallest absolute Gasteiger partial charge is 0.151 e. The number of aryl methyl sites for hydroxylation is 2. The lowest BCUT2D eigenvalue weighted by Gasteiger charge is -2.16. The quantitative estimate of drug-likeness (QED) is 0.719. The number of benzene rings is 1. The average Bonchev–Trinajstić information content (AvgIpc) is 2.37. The van der Waals surface area contributed by atoms with Crippen molar-refractivity contribution in [2.45, 2.75) is 25.7 Å². The molecule has 17 heavy (non-hydrogen) atoms. The van der Waals surface area contributed by atoms with Gasteiger partial charge >= 0.3 is 0 Å². The van der Waals surface area contributed by atoms with Crippen LogP contribution in [0.3, 0.4) is 0 Å². The highest BCUT2D eigenvalue weighted by atomic mass is 35.5. The summed E-state index contributed by atoms with van der Waals surface area (Å²) in [5.74, 6) is 0. The normalized spacial score (nSPS) is 14.6. The molecule has 0 unspecified atom stereocenters. The number of nitrogens with zero attached hydrogens (tertiary/aromatic N) is 1. The molecule has 0 fully saturated rings. The second kappa shape index (κ2) is 4.11. The summed E-state index contributed by atoms with van der Waals surface area (Å²) in [5.41, 5.74) is 3.76. The zero-order valence-corrected chi connectivity index (χ0v) is 10.1. The Kier molecular flexibility index (Phi) is 2.60. The molecular formula is C14H12ClNO. The van der Waals surface area contributed by atoms with Crippen LogP contribution >= 0.6 is 11.6 Å². The molecule has 2 nitrogen and oxygen atoms in total. The second-order valence-corrected chi connectivity index (χ2v) is 4.84. The van der Waals surface area contributed by atoms with E-state index in [0.717, 1.165) is 35.7 Å². The molecule has 0 N–H and O–H groups in total. The number of carbonyl (C=O) groups is 1. The SMILES string of the molecule is O=Cc1ccc2cc3c(nc2c1Cl)CCCC3. The van der Waals surface area contributed by atoms with Gasteiger partial charge in [-0.15, -0.1) is 0 Å². The Hall–Kier alpha value is -1.41. The van der Waals surface area contributed by atoms with Crippen LogP contribution in [0.2, 0.25) is 5.02 Å². The lowest BCUT2D eigenvalue weighted by molar-refractivity contribution is 0.112. The monoisotopic (exact) mass is 245 g/mol. The minimum absolute atomic E-state index is 0.478. The molecule has 1 heterocycles. The molecule has 0 saturated heterocycles. The van der Waals surface area contributed by atoms with E-state index in [4.69, 9.17) is 11.6 Å². The van der Waals surface area contributed by atoms with E-state index in [9.17, 15) is 4.79 Å². The van der Waals surface area contributed by atoms with Crippen LogP contribution in [0.15, 0.2) is 18.2 Å². The Bertz CT molecular complexity index is 607. The van der Waals surface area contributed by atoms with Gasteiger partial charge < -0.3 is 0 Å². The highest BCUT2D eigenvalue weighted by molar-refractivity contribution is 6.37. The minimum atomic E-state index is 0.478. The zero-order chi connectivity index (χ0) is 11.8. The molecule has 0 spiro atoms. The van der Waals surface area contributed by atoms with Crippen LogP contribution in [0, 0.1) is 0 Å². The third-order valence-corrected chi connectivity index (χ3v) is 3.76. The third kappa shape index (κ3) is 1.73. The Morgan fingerprint density at radius 1 is 1.24 bits per heavy atom. The summed E-state index contributed by atoms with van der Waals surface area (Å²) in [7, 11) is 0. The molecule has 0 atom stereocenters. The predicted molar refractivity (Wildman–Crippen MR) is 68.8 cm³/mol. The number of rotatable bonds is 1. The molecule has 1 aromatic heterocycles. The van der Waals surface area contributed by atoms with Crippen molar-refractivity contribution in [3.63, 3.8) is 0 Å². The van der Waals surface area contributed by atoms with Crippen molar-refractivity contribution in [3.8, 4) is 0 Å². The molecule has 0 radical (unpaired) electrons. The summed E-state index contributed by atoms with van der Waals surface area (Å²) in [6.07, 6.45) is 5.33. The van der Waals surface area contributed by atoms with Gasteiger partial charge in [-0.2, -0.15) is 0 Å². The number of aromatic nitrogens is 1. The van der Waals surface area contributed by atoms with Gasteiger partial charge in [-0.1, -0.05) is 17.7 Å². The molecule has 1 aliphatic carbocycles. The van der Waals surface area contributed by atoms with E-state index in [1.165, 1.54) is 18.4 Å². The third-order valence-electron chi connectivity index (χ3n) is 3.36. The number of pyridine rings is 1. The first-order chi connectivity index (χ1) is 8.29. The molecule has 2 aromatic rings. The van der Waals surface area contributed by atoms with Crippen molar-refractivity contribution >= 4 is 28.8 Å². The molecule has 1 aromatic carbocycles. The van der Waals surface area contributed by atoms with Gasteiger partial charge in [-0.25, -0.2) is 0 Å². The average molecular weight is 246 g/mol. The fourth-order valence-electron chi connectivity index (χ4n) is 2.43. The molecule has 0 amide bonds. The molecule has 3 rings (SSSR count). The predicted octanol–water partition coefficient (Wildman–Crippen LogP) is 3.58. The first kappa shape index (κ1) is 10.7. The Morgan fingerprint density at radius 3 is 2.88 bits per heavy atom. The summed E-state index contributed by atoms with van der Waals surface area (Å²) in [6, 6.07) is 5.85. The summed E-state index contributed by atoms with van der Waals surface area (Å²) in [6.45, 7) is 0. The topological polar surface area (TPSA) is 30.0 Å². The molecule has 0 bridgehead atoms. The molecule has 1 aliphatic rings. The van der Waals surface area contributed by atoms with Crippen LogP contribution < -0.4 is 0 Å². The second-order valence-electron chi connectivity index (χ2n) is 4.46. The van der Waals surface area contributed by atoms with Crippen LogP contribution in [0.1, 0.15) is 34.5 Å². The van der Waals surface area contributed by atoms with E-state index < -0.39 is 0 Å². The minimum Gasteiger partial charge on any atom is -0.298 e. The van der Waals surface area contributed by atoms with Crippen molar-refractivity contribution in [3.05, 3.63) is 40.0 Å². The number of hydrogen-bond acceptors (Lipinski definition) is 2. The van der Waals surface area contributed by atoms with Gasteiger partial charge in [-0.3, -0.25) is 9.78 Å². The first-order valence-corrected chi connectivity index (χ1v) is 6.23. The van der Waals surface area contributed by atoms with Gasteiger partial charge in [0.25, 0.3) is 0 Å². The Morgan fingerprint density at radius 2 is 2.06 bits per heavy atom. The number of aldehydes is 1. The van der Waals surface area contributed by atoms with E-state index in [1.807, 2.05) is 6.07 Å². The van der Waals surface area contributed by atoms with Gasteiger partial charge in [0.2, 0.25) is 0 Å². The van der Waals surface area contributed by atoms with Gasteiger partial charge in [0.05, 0.1) is 10.5 Å². The van der Waals surface area contributed by atoms with Crippen molar-refractivity contribution in [2.75, 3.05) is 0 Å². The maximum absolute atomic E-state index is 10.8. The first-order valence-electron chi connectivity index (χ1n) is 5.86. The van der Waals surface area contributed by atoms with Crippen LogP contribution in [0.5, 0.6) is 0 Å². The fraction of sp³-hybridized carbons (Fsp3) is 0.286. The number of halogens is 1. The number of carbonyl (C=O) groups excluding carboxylic acids is 1. The van der Waals surface area contributed by atoms with Crippen LogP contribution in [-0.4, -0.2) is 11.3 Å². The fourth-order valence-corrected chi connectivity index (χ4v) is 2.69. The van der Waals surface area contributed by atoms with Crippen molar-refractivity contribution in [1.82, 2.24) is 4.98 Å². The lowest BCUT2D eigenvalue weighted by Crippen LogP contribution is -2.05. The van der Waals surface area contributed by atoms with E-state index in [2.05, 4.69) is 11.1 Å². The summed E-state index contributed by atoms with van der Waals surface area (Å²) in [4.78, 5) is 15.5. The zero-order valence-electron chi connectivity index (χ0n) is 9.37. The Labute approximate surface area is 105 Å². The van der Waals surface area contributed by atoms with Gasteiger partial charge in [0, 0.05) is 16.6 Å². The molecule has 86 valence electrons. The number of hydrogen-bond donors (Lipinski definition) is 0. The molecule has 3 heteroatoms. The van der Waals surface area contributed by atoms with Gasteiger partial charge in [0.15, 0.2) is 6.29 Å². The largest absolute Gasteiger partial charge is 0.298 e. The maximum Gasteiger partial charge on any atom is 0.151 e. The van der Waals surface area contributed by atoms with Crippen LogP contribution in [0.4, 0.5) is 0 Å². The molecule has 0 aliphatic heterocycles. The van der Waals surface area contributed by atoms with Crippen molar-refractivity contribution in [1.29, 1.82) is 0 Å². The van der Waals surface area contributed by atoms with E-state index in [1.54, 1.807) is 6.07 Å². The number of fused-ring (bicyclic) bond motifs is 2. The van der Waals surface area contributed by atoms with E-state index >= 15 is 0 Å². The summed E-state index contributed by atoms with van der Waals surface area (Å²) in [5, 5.41) is 1.51. The van der Waals surface area contributed by atoms with Crippen molar-refractivity contribution in [2.24, 2.45) is 0 Å². The maximum atomic E-state index is 10.8. The molecular weight excluding hydrogens is 234 g/mol. The van der Waals surface area contributed by atoms with Gasteiger partial charge in [-0.05, 0) is 43.4 Å². The van der Waals surface area contributed by atoms with E-state index in [0.29, 0.717) is 10.6 Å². The van der Waals surface area contributed by atoms with Crippen LogP contribution in [0.25, 0.3) is 10.9 Å². The summed E-state index contributed by atoms with van der Waals surface area (Å²) >= 11 is 6.19. The van der Waals surface area contributed by atoms with Gasteiger partial charge in [0.1, 0.15) is 0 Å². The van der Waals surface area contributed by atoms with E-state index in [-0.39, 0.29) is 0 Å². The standard InChI is InChI=1S/C14H12ClNO/c15-13-11(8-17)6-5-10-7-9-3-1-2-4-12(9)16-14(10)13/h5-8H,1-4H2. The van der Waals surface area contributed by atoms with Crippen molar-refractivity contribution < 1.29 is 4.79 Å².